The molecule has 0 saturated heterocycles. The molecule has 3 atom stereocenters. The highest BCUT2D eigenvalue weighted by Gasteiger charge is 2.31. The molecule has 1 N–H and O–H groups in total. The summed E-state index contributed by atoms with van der Waals surface area (Å²) in [6.07, 6.45) is 12.9. The van der Waals surface area contributed by atoms with Gasteiger partial charge in [0.2, 0.25) is 0 Å². The van der Waals surface area contributed by atoms with Gasteiger partial charge in [-0.2, -0.15) is 0 Å². The van der Waals surface area contributed by atoms with Gasteiger partial charge in [-0.05, 0) is 56.6 Å². The topological polar surface area (TPSA) is 21.3 Å². The first-order valence-electron chi connectivity index (χ1n) is 8.41. The third kappa shape index (κ3) is 4.24. The van der Waals surface area contributed by atoms with E-state index in [1.54, 1.807) is 0 Å². The summed E-state index contributed by atoms with van der Waals surface area (Å²) in [7, 11) is 0. The van der Waals surface area contributed by atoms with E-state index in [0.29, 0.717) is 6.04 Å². The minimum absolute atomic E-state index is 0.481. The van der Waals surface area contributed by atoms with Gasteiger partial charge in [0.15, 0.2) is 0 Å². The quantitative estimate of drug-likeness (QED) is 0.774. The molecule has 0 aromatic rings. The van der Waals surface area contributed by atoms with Gasteiger partial charge in [0.1, 0.15) is 5.76 Å². The SMILES string of the molecule is CCCNC(C1=CCCCO1)C1CCCC(CC)C1. The van der Waals surface area contributed by atoms with Crippen LogP contribution in [0.2, 0.25) is 0 Å². The Labute approximate surface area is 119 Å². The molecular formula is C17H31NO. The number of hydrogen-bond donors (Lipinski definition) is 1. The molecular weight excluding hydrogens is 234 g/mol. The number of allylic oxidation sites excluding steroid dienone is 1. The number of hydrogen-bond acceptors (Lipinski definition) is 2. The standard InChI is InChI=1S/C17H31NO/c1-3-11-18-17(16-10-5-6-12-19-16)15-9-7-8-14(4-2)13-15/h10,14-15,17-18H,3-9,11-13H2,1-2H3. The third-order valence-corrected chi connectivity index (χ3v) is 4.76. The van der Waals surface area contributed by atoms with Crippen molar-refractivity contribution in [2.45, 2.75) is 71.3 Å². The Bertz CT molecular complexity index is 287. The summed E-state index contributed by atoms with van der Waals surface area (Å²) < 4.78 is 5.96. The molecule has 110 valence electrons. The molecule has 0 bridgehead atoms. The van der Waals surface area contributed by atoms with Gasteiger partial charge >= 0.3 is 0 Å². The summed E-state index contributed by atoms with van der Waals surface area (Å²) in [5, 5.41) is 3.76. The van der Waals surface area contributed by atoms with Gasteiger partial charge in [-0.1, -0.05) is 33.1 Å². The van der Waals surface area contributed by atoms with E-state index in [2.05, 4.69) is 25.2 Å². The van der Waals surface area contributed by atoms with Gasteiger partial charge < -0.3 is 10.1 Å². The van der Waals surface area contributed by atoms with E-state index in [-0.39, 0.29) is 0 Å². The van der Waals surface area contributed by atoms with E-state index in [1.807, 2.05) is 0 Å². The smallest absolute Gasteiger partial charge is 0.109 e. The van der Waals surface area contributed by atoms with Crippen molar-refractivity contribution in [2.75, 3.05) is 13.2 Å². The molecule has 0 aromatic heterocycles. The fraction of sp³-hybridized carbons (Fsp3) is 0.882. The van der Waals surface area contributed by atoms with Gasteiger partial charge in [-0.15, -0.1) is 0 Å². The summed E-state index contributed by atoms with van der Waals surface area (Å²) in [6, 6.07) is 0.481. The zero-order valence-corrected chi connectivity index (χ0v) is 12.8. The van der Waals surface area contributed by atoms with E-state index in [4.69, 9.17) is 4.74 Å². The maximum absolute atomic E-state index is 5.96. The van der Waals surface area contributed by atoms with Crippen molar-refractivity contribution in [3.63, 3.8) is 0 Å². The summed E-state index contributed by atoms with van der Waals surface area (Å²) in [5.74, 6) is 2.98. The maximum atomic E-state index is 5.96. The number of ether oxygens (including phenoxy) is 1. The lowest BCUT2D eigenvalue weighted by atomic mass is 9.76. The average Bonchev–Trinajstić information content (AvgIpc) is 2.49. The first kappa shape index (κ1) is 14.9. The van der Waals surface area contributed by atoms with Crippen molar-refractivity contribution in [3.05, 3.63) is 11.8 Å². The van der Waals surface area contributed by atoms with Crippen LogP contribution in [0.25, 0.3) is 0 Å². The van der Waals surface area contributed by atoms with Gasteiger partial charge in [0.25, 0.3) is 0 Å². The Morgan fingerprint density at radius 3 is 2.89 bits per heavy atom. The molecule has 0 spiro atoms. The highest BCUT2D eigenvalue weighted by Crippen LogP contribution is 2.35. The minimum atomic E-state index is 0.481. The second-order valence-electron chi connectivity index (χ2n) is 6.23. The fourth-order valence-electron chi connectivity index (χ4n) is 3.60. The normalized spacial score (nSPS) is 29.5. The molecule has 19 heavy (non-hydrogen) atoms. The average molecular weight is 265 g/mol. The second-order valence-corrected chi connectivity index (χ2v) is 6.23. The lowest BCUT2D eigenvalue weighted by molar-refractivity contribution is 0.128. The van der Waals surface area contributed by atoms with E-state index in [9.17, 15) is 0 Å². The highest BCUT2D eigenvalue weighted by atomic mass is 16.5. The van der Waals surface area contributed by atoms with Gasteiger partial charge in [0.05, 0.1) is 12.6 Å². The first-order valence-corrected chi connectivity index (χ1v) is 8.41. The zero-order chi connectivity index (χ0) is 13.5. The van der Waals surface area contributed by atoms with Crippen LogP contribution in [0.15, 0.2) is 11.8 Å². The van der Waals surface area contributed by atoms with Crippen LogP contribution >= 0.6 is 0 Å². The highest BCUT2D eigenvalue weighted by molar-refractivity contribution is 5.08. The predicted molar refractivity (Wildman–Crippen MR) is 81.1 cm³/mol. The van der Waals surface area contributed by atoms with Crippen LogP contribution in [0.5, 0.6) is 0 Å². The lowest BCUT2D eigenvalue weighted by Crippen LogP contribution is -2.41. The molecule has 1 fully saturated rings. The van der Waals surface area contributed by atoms with Gasteiger partial charge in [0, 0.05) is 0 Å². The maximum Gasteiger partial charge on any atom is 0.109 e. The van der Waals surface area contributed by atoms with Crippen LogP contribution in [0.1, 0.15) is 65.2 Å². The van der Waals surface area contributed by atoms with Crippen molar-refractivity contribution in [1.29, 1.82) is 0 Å². The molecule has 2 nitrogen and oxygen atoms in total. The predicted octanol–water partition coefficient (Wildman–Crippen LogP) is 4.27. The van der Waals surface area contributed by atoms with Gasteiger partial charge in [-0.25, -0.2) is 0 Å². The molecule has 1 aliphatic heterocycles. The van der Waals surface area contributed by atoms with Gasteiger partial charge in [-0.3, -0.25) is 0 Å². The van der Waals surface area contributed by atoms with Crippen molar-refractivity contribution < 1.29 is 4.74 Å². The number of nitrogens with one attached hydrogen (secondary N) is 1. The van der Waals surface area contributed by atoms with Crippen LogP contribution in [0.4, 0.5) is 0 Å². The third-order valence-electron chi connectivity index (χ3n) is 4.76. The minimum Gasteiger partial charge on any atom is -0.497 e. The van der Waals surface area contributed by atoms with E-state index in [1.165, 1.54) is 57.1 Å². The Kier molecular flexibility index (Phi) is 6.22. The molecule has 1 aliphatic carbocycles. The Morgan fingerprint density at radius 1 is 1.32 bits per heavy atom. The summed E-state index contributed by atoms with van der Waals surface area (Å²) in [6.45, 7) is 6.62. The van der Waals surface area contributed by atoms with Crippen LogP contribution in [0, 0.1) is 11.8 Å². The fourth-order valence-corrected chi connectivity index (χ4v) is 3.60. The summed E-state index contributed by atoms with van der Waals surface area (Å²) >= 11 is 0. The summed E-state index contributed by atoms with van der Waals surface area (Å²) in [4.78, 5) is 0. The molecule has 0 aromatic carbocycles. The molecule has 2 aliphatic rings. The van der Waals surface area contributed by atoms with Crippen LogP contribution in [-0.4, -0.2) is 19.2 Å². The van der Waals surface area contributed by atoms with E-state index >= 15 is 0 Å². The van der Waals surface area contributed by atoms with E-state index < -0.39 is 0 Å². The number of rotatable bonds is 6. The molecule has 1 saturated carbocycles. The molecule has 1 heterocycles. The monoisotopic (exact) mass is 265 g/mol. The Morgan fingerprint density at radius 2 is 2.21 bits per heavy atom. The summed E-state index contributed by atoms with van der Waals surface area (Å²) in [5.41, 5.74) is 0. The Hall–Kier alpha value is -0.500. The Balaban J connectivity index is 2.01. The molecule has 2 rings (SSSR count). The van der Waals surface area contributed by atoms with E-state index in [0.717, 1.165) is 25.0 Å². The van der Waals surface area contributed by atoms with Crippen LogP contribution in [0.3, 0.4) is 0 Å². The lowest BCUT2D eigenvalue weighted by Gasteiger charge is -2.36. The van der Waals surface area contributed by atoms with Crippen LogP contribution < -0.4 is 5.32 Å². The zero-order valence-electron chi connectivity index (χ0n) is 12.8. The first-order chi connectivity index (χ1) is 9.35. The molecule has 3 unspecified atom stereocenters. The van der Waals surface area contributed by atoms with Crippen molar-refractivity contribution in [3.8, 4) is 0 Å². The van der Waals surface area contributed by atoms with Crippen molar-refractivity contribution >= 4 is 0 Å². The molecule has 0 radical (unpaired) electrons. The second kappa shape index (κ2) is 7.94. The largest absolute Gasteiger partial charge is 0.497 e. The van der Waals surface area contributed by atoms with Crippen LogP contribution in [-0.2, 0) is 4.74 Å². The molecule has 0 amide bonds. The van der Waals surface area contributed by atoms with Crippen molar-refractivity contribution in [1.82, 2.24) is 5.32 Å². The molecule has 2 heteroatoms. The van der Waals surface area contributed by atoms with Crippen molar-refractivity contribution in [2.24, 2.45) is 11.8 Å².